The van der Waals surface area contributed by atoms with Gasteiger partial charge in [-0.25, -0.2) is 4.98 Å². The zero-order valence-electron chi connectivity index (χ0n) is 10.5. The van der Waals surface area contributed by atoms with Crippen LogP contribution in [0.4, 0.5) is 5.82 Å². The molecule has 2 rings (SSSR count). The van der Waals surface area contributed by atoms with Crippen molar-refractivity contribution in [2.75, 3.05) is 11.9 Å². The average molecular weight is 249 g/mol. The van der Waals surface area contributed by atoms with Crippen molar-refractivity contribution >= 4 is 28.3 Å². The largest absolute Gasteiger partial charge is 0.370 e. The van der Waals surface area contributed by atoms with Crippen LogP contribution in [-0.4, -0.2) is 11.5 Å². The number of fused-ring (bicyclic) bond motifs is 1. The van der Waals surface area contributed by atoms with Crippen molar-refractivity contribution in [1.82, 2.24) is 4.98 Å². The number of nitrogens with zero attached hydrogens (tertiary/aromatic N) is 1. The topological polar surface area (TPSA) is 24.9 Å². The van der Waals surface area contributed by atoms with Crippen molar-refractivity contribution in [3.05, 3.63) is 34.3 Å². The lowest BCUT2D eigenvalue weighted by atomic mass is 10.1. The van der Waals surface area contributed by atoms with Crippen molar-refractivity contribution in [3.8, 4) is 0 Å². The van der Waals surface area contributed by atoms with E-state index in [0.29, 0.717) is 5.02 Å². The molecule has 1 heterocycles. The summed E-state index contributed by atoms with van der Waals surface area (Å²) in [7, 11) is 0. The first-order chi connectivity index (χ1) is 8.17. The summed E-state index contributed by atoms with van der Waals surface area (Å²) >= 11 is 6.21. The number of hydrogen-bond acceptors (Lipinski definition) is 2. The summed E-state index contributed by atoms with van der Waals surface area (Å²) in [5, 5.41) is 5.16. The lowest BCUT2D eigenvalue weighted by Gasteiger charge is -2.12. The number of aromatic nitrogens is 1. The Labute approximate surface area is 107 Å². The Hall–Kier alpha value is -1.28. The number of nitrogens with one attached hydrogen (secondary N) is 1. The lowest BCUT2D eigenvalue weighted by Crippen LogP contribution is -2.03. The van der Waals surface area contributed by atoms with Gasteiger partial charge in [0, 0.05) is 11.9 Å². The molecule has 0 aliphatic carbocycles. The number of rotatable bonds is 3. The van der Waals surface area contributed by atoms with Gasteiger partial charge < -0.3 is 5.32 Å². The van der Waals surface area contributed by atoms with Crippen LogP contribution >= 0.6 is 11.6 Å². The molecule has 90 valence electrons. The molecule has 0 fully saturated rings. The second kappa shape index (κ2) is 4.92. The Morgan fingerprint density at radius 2 is 2.06 bits per heavy atom. The highest BCUT2D eigenvalue weighted by Crippen LogP contribution is 2.28. The Bertz CT molecular complexity index is 549. The monoisotopic (exact) mass is 248 g/mol. The molecule has 0 unspecified atom stereocenters. The third kappa shape index (κ3) is 2.22. The van der Waals surface area contributed by atoms with E-state index in [4.69, 9.17) is 11.6 Å². The van der Waals surface area contributed by atoms with E-state index in [1.807, 2.05) is 12.1 Å². The predicted molar refractivity (Wildman–Crippen MR) is 75.0 cm³/mol. The van der Waals surface area contributed by atoms with Crippen LogP contribution in [0, 0.1) is 6.92 Å². The first-order valence-corrected chi connectivity index (χ1v) is 6.37. The maximum atomic E-state index is 6.21. The van der Waals surface area contributed by atoms with Crippen LogP contribution in [0.3, 0.4) is 0 Å². The number of halogens is 1. The van der Waals surface area contributed by atoms with Gasteiger partial charge in [0.1, 0.15) is 5.82 Å². The highest BCUT2D eigenvalue weighted by molar-refractivity contribution is 6.35. The van der Waals surface area contributed by atoms with Gasteiger partial charge in [-0.1, -0.05) is 24.6 Å². The highest BCUT2D eigenvalue weighted by Gasteiger charge is 2.09. The molecule has 0 aliphatic rings. The zero-order valence-corrected chi connectivity index (χ0v) is 11.2. The van der Waals surface area contributed by atoms with E-state index in [1.165, 1.54) is 11.1 Å². The van der Waals surface area contributed by atoms with Crippen molar-refractivity contribution in [2.45, 2.75) is 27.2 Å². The zero-order chi connectivity index (χ0) is 12.4. The molecule has 0 atom stereocenters. The number of benzene rings is 1. The van der Waals surface area contributed by atoms with Crippen LogP contribution in [0.1, 0.15) is 25.0 Å². The summed E-state index contributed by atoms with van der Waals surface area (Å²) in [4.78, 5) is 4.65. The van der Waals surface area contributed by atoms with Crippen LogP contribution < -0.4 is 5.32 Å². The quantitative estimate of drug-likeness (QED) is 0.881. The molecule has 1 N–H and O–H groups in total. The SMILES string of the molecule is CCNc1nc2c(Cl)ccc(C)c2cc1CC. The van der Waals surface area contributed by atoms with Crippen molar-refractivity contribution in [3.63, 3.8) is 0 Å². The van der Waals surface area contributed by atoms with Crippen molar-refractivity contribution in [1.29, 1.82) is 0 Å². The fourth-order valence-electron chi connectivity index (χ4n) is 1.99. The van der Waals surface area contributed by atoms with Gasteiger partial charge in [0.15, 0.2) is 0 Å². The number of pyridine rings is 1. The summed E-state index contributed by atoms with van der Waals surface area (Å²) in [5.74, 6) is 0.954. The van der Waals surface area contributed by atoms with E-state index in [9.17, 15) is 0 Å². The smallest absolute Gasteiger partial charge is 0.129 e. The molecule has 0 amide bonds. The molecule has 0 saturated carbocycles. The molecule has 1 aromatic heterocycles. The van der Waals surface area contributed by atoms with E-state index >= 15 is 0 Å². The summed E-state index contributed by atoms with van der Waals surface area (Å²) < 4.78 is 0. The molecule has 2 aromatic rings. The maximum absolute atomic E-state index is 6.21. The number of anilines is 1. The molecule has 0 radical (unpaired) electrons. The van der Waals surface area contributed by atoms with Crippen LogP contribution in [0.2, 0.25) is 5.02 Å². The van der Waals surface area contributed by atoms with E-state index in [0.717, 1.165) is 29.7 Å². The summed E-state index contributed by atoms with van der Waals surface area (Å²) in [5.41, 5.74) is 3.35. The Morgan fingerprint density at radius 3 is 2.71 bits per heavy atom. The van der Waals surface area contributed by atoms with Gasteiger partial charge in [-0.05, 0) is 43.5 Å². The van der Waals surface area contributed by atoms with Crippen molar-refractivity contribution < 1.29 is 0 Å². The van der Waals surface area contributed by atoms with E-state index < -0.39 is 0 Å². The minimum atomic E-state index is 0.715. The minimum Gasteiger partial charge on any atom is -0.370 e. The molecule has 0 spiro atoms. The van der Waals surface area contributed by atoms with Gasteiger partial charge in [0.2, 0.25) is 0 Å². The fourth-order valence-corrected chi connectivity index (χ4v) is 2.20. The van der Waals surface area contributed by atoms with Crippen LogP contribution in [-0.2, 0) is 6.42 Å². The summed E-state index contributed by atoms with van der Waals surface area (Å²) in [6.07, 6.45) is 0.969. The molecule has 17 heavy (non-hydrogen) atoms. The first kappa shape index (κ1) is 12.2. The molecule has 3 heteroatoms. The van der Waals surface area contributed by atoms with Gasteiger partial charge in [-0.15, -0.1) is 0 Å². The molecular weight excluding hydrogens is 232 g/mol. The van der Waals surface area contributed by atoms with Crippen LogP contribution in [0.5, 0.6) is 0 Å². The third-order valence-electron chi connectivity index (χ3n) is 2.96. The Morgan fingerprint density at radius 1 is 1.29 bits per heavy atom. The molecule has 2 nitrogen and oxygen atoms in total. The van der Waals surface area contributed by atoms with E-state index in [2.05, 4.69) is 37.1 Å². The number of hydrogen-bond donors (Lipinski definition) is 1. The van der Waals surface area contributed by atoms with Gasteiger partial charge in [0.05, 0.1) is 10.5 Å². The third-order valence-corrected chi connectivity index (χ3v) is 3.26. The van der Waals surface area contributed by atoms with Gasteiger partial charge in [-0.3, -0.25) is 0 Å². The Kier molecular flexibility index (Phi) is 3.53. The first-order valence-electron chi connectivity index (χ1n) is 6.00. The fraction of sp³-hybridized carbons (Fsp3) is 0.357. The van der Waals surface area contributed by atoms with Crippen molar-refractivity contribution in [2.24, 2.45) is 0 Å². The predicted octanol–water partition coefficient (Wildman–Crippen LogP) is 4.19. The summed E-state index contributed by atoms with van der Waals surface area (Å²) in [6, 6.07) is 6.15. The normalized spacial score (nSPS) is 10.8. The van der Waals surface area contributed by atoms with Gasteiger partial charge in [0.25, 0.3) is 0 Å². The number of aryl methyl sites for hydroxylation is 2. The molecule has 1 aromatic carbocycles. The van der Waals surface area contributed by atoms with Gasteiger partial charge in [-0.2, -0.15) is 0 Å². The molecule has 0 saturated heterocycles. The Balaban J connectivity index is 2.73. The van der Waals surface area contributed by atoms with Gasteiger partial charge >= 0.3 is 0 Å². The second-order valence-electron chi connectivity index (χ2n) is 4.14. The van der Waals surface area contributed by atoms with E-state index in [1.54, 1.807) is 0 Å². The maximum Gasteiger partial charge on any atom is 0.129 e. The minimum absolute atomic E-state index is 0.715. The lowest BCUT2D eigenvalue weighted by molar-refractivity contribution is 1.08. The average Bonchev–Trinajstić information content (AvgIpc) is 2.34. The molecule has 0 aliphatic heterocycles. The van der Waals surface area contributed by atoms with Crippen LogP contribution in [0.15, 0.2) is 18.2 Å². The van der Waals surface area contributed by atoms with Crippen LogP contribution in [0.25, 0.3) is 10.9 Å². The highest BCUT2D eigenvalue weighted by atomic mass is 35.5. The van der Waals surface area contributed by atoms with E-state index in [-0.39, 0.29) is 0 Å². The molecular formula is C14H17ClN2. The molecule has 0 bridgehead atoms. The second-order valence-corrected chi connectivity index (χ2v) is 4.55. The standard InChI is InChI=1S/C14H17ClN2/c1-4-10-8-11-9(3)6-7-12(15)13(11)17-14(10)16-5-2/h6-8H,4-5H2,1-3H3,(H,16,17). The summed E-state index contributed by atoms with van der Waals surface area (Å²) in [6.45, 7) is 7.17.